The van der Waals surface area contributed by atoms with Gasteiger partial charge in [-0.1, -0.05) is 70.4 Å². The summed E-state index contributed by atoms with van der Waals surface area (Å²) in [6.07, 6.45) is 8.64. The van der Waals surface area contributed by atoms with Gasteiger partial charge in [0, 0.05) is 24.0 Å². The molecule has 2 aromatic carbocycles. The fraction of sp³-hybridized carbons (Fsp3) is 0.536. The second-order valence-electron chi connectivity index (χ2n) is 9.19. The predicted octanol–water partition coefficient (Wildman–Crippen LogP) is 8.32. The standard InChI is InChI=1S/C28H36F4N/c1-2-3-4-5-6-7-8-9-10-11-27-26-17-16-25(29)20-23(26)18-19-33(27)21-22-12-14-24(15-13-22)28(30,31)32/h12-17,20H,2-11,18-19,21H2,1H3/q+1. The highest BCUT2D eigenvalue weighted by atomic mass is 19.4. The Kier molecular flexibility index (Phi) is 9.52. The van der Waals surface area contributed by atoms with E-state index in [2.05, 4.69) is 11.5 Å². The zero-order valence-corrected chi connectivity index (χ0v) is 19.7. The predicted molar refractivity (Wildman–Crippen MR) is 126 cm³/mol. The highest BCUT2D eigenvalue weighted by molar-refractivity contribution is 5.98. The van der Waals surface area contributed by atoms with Crippen molar-refractivity contribution in [2.24, 2.45) is 0 Å². The molecule has 5 heteroatoms. The van der Waals surface area contributed by atoms with Crippen molar-refractivity contribution < 1.29 is 22.1 Å². The first-order valence-corrected chi connectivity index (χ1v) is 12.4. The molecule has 0 amide bonds. The number of unbranched alkanes of at least 4 members (excludes halogenated alkanes) is 8. The quantitative estimate of drug-likeness (QED) is 0.169. The summed E-state index contributed by atoms with van der Waals surface area (Å²) in [5.41, 5.74) is 3.56. The zero-order valence-electron chi connectivity index (χ0n) is 19.7. The molecule has 0 saturated carbocycles. The molecule has 2 aromatic rings. The van der Waals surface area contributed by atoms with Gasteiger partial charge in [-0.05, 0) is 42.3 Å². The van der Waals surface area contributed by atoms with Gasteiger partial charge in [-0.25, -0.2) is 8.97 Å². The number of benzene rings is 2. The Morgan fingerprint density at radius 3 is 2.09 bits per heavy atom. The number of fused-ring (bicyclic) bond motifs is 1. The van der Waals surface area contributed by atoms with E-state index in [0.29, 0.717) is 6.54 Å². The average Bonchev–Trinajstić information content (AvgIpc) is 2.78. The number of hydrogen-bond acceptors (Lipinski definition) is 0. The number of rotatable bonds is 12. The van der Waals surface area contributed by atoms with Crippen LogP contribution in [0.1, 0.15) is 93.4 Å². The van der Waals surface area contributed by atoms with Crippen molar-refractivity contribution in [2.75, 3.05) is 6.54 Å². The smallest absolute Gasteiger partial charge is 0.228 e. The largest absolute Gasteiger partial charge is 0.416 e. The summed E-state index contributed by atoms with van der Waals surface area (Å²) in [4.78, 5) is 0. The van der Waals surface area contributed by atoms with Gasteiger partial charge in [-0.15, -0.1) is 0 Å². The van der Waals surface area contributed by atoms with Crippen LogP contribution < -0.4 is 0 Å². The third-order valence-electron chi connectivity index (χ3n) is 6.58. The molecule has 0 aliphatic carbocycles. The Bertz CT molecular complexity index is 912. The summed E-state index contributed by atoms with van der Waals surface area (Å²) >= 11 is 0. The Labute approximate surface area is 195 Å². The molecule has 1 nitrogen and oxygen atoms in total. The molecule has 0 bridgehead atoms. The minimum Gasteiger partial charge on any atom is -0.228 e. The van der Waals surface area contributed by atoms with Crippen LogP contribution in [0.4, 0.5) is 17.6 Å². The van der Waals surface area contributed by atoms with Crippen LogP contribution in [-0.4, -0.2) is 16.8 Å². The lowest BCUT2D eigenvalue weighted by Gasteiger charge is -2.19. The molecule has 180 valence electrons. The topological polar surface area (TPSA) is 3.01 Å². The molecule has 0 N–H and O–H groups in total. The summed E-state index contributed by atoms with van der Waals surface area (Å²) in [5.74, 6) is -0.215. The maximum Gasteiger partial charge on any atom is 0.416 e. The molecule has 0 spiro atoms. The summed E-state index contributed by atoms with van der Waals surface area (Å²) < 4.78 is 54.8. The third-order valence-corrected chi connectivity index (χ3v) is 6.58. The van der Waals surface area contributed by atoms with Crippen LogP contribution in [0.2, 0.25) is 0 Å². The molecule has 0 saturated heterocycles. The highest BCUT2D eigenvalue weighted by Gasteiger charge is 2.30. The molecule has 0 unspecified atom stereocenters. The third kappa shape index (κ3) is 7.68. The molecule has 0 radical (unpaired) electrons. The molecular formula is C28H36F4N+. The van der Waals surface area contributed by atoms with Crippen molar-refractivity contribution in [2.45, 2.75) is 90.3 Å². The van der Waals surface area contributed by atoms with Crippen LogP contribution in [0.3, 0.4) is 0 Å². The van der Waals surface area contributed by atoms with Crippen molar-refractivity contribution in [3.63, 3.8) is 0 Å². The van der Waals surface area contributed by atoms with E-state index in [4.69, 9.17) is 0 Å². The van der Waals surface area contributed by atoms with Crippen LogP contribution in [0.15, 0.2) is 42.5 Å². The molecule has 0 aromatic heterocycles. The van der Waals surface area contributed by atoms with E-state index < -0.39 is 11.7 Å². The van der Waals surface area contributed by atoms with Gasteiger partial charge < -0.3 is 0 Å². The van der Waals surface area contributed by atoms with Crippen molar-refractivity contribution in [3.05, 3.63) is 70.5 Å². The lowest BCUT2D eigenvalue weighted by atomic mass is 9.93. The minimum atomic E-state index is -4.32. The van der Waals surface area contributed by atoms with Crippen LogP contribution in [0.5, 0.6) is 0 Å². The Balaban J connectivity index is 1.65. The van der Waals surface area contributed by atoms with Crippen molar-refractivity contribution >= 4 is 5.71 Å². The van der Waals surface area contributed by atoms with Gasteiger partial charge in [-0.3, -0.25) is 0 Å². The van der Waals surface area contributed by atoms with E-state index in [0.717, 1.165) is 54.6 Å². The summed E-state index contributed by atoms with van der Waals surface area (Å²) in [6, 6.07) is 10.5. The second-order valence-corrected chi connectivity index (χ2v) is 9.19. The molecule has 33 heavy (non-hydrogen) atoms. The lowest BCUT2D eigenvalue weighted by molar-refractivity contribution is -0.545. The first-order chi connectivity index (χ1) is 15.9. The molecule has 0 atom stereocenters. The first kappa shape index (κ1) is 25.5. The van der Waals surface area contributed by atoms with E-state index in [1.165, 1.54) is 63.1 Å². The monoisotopic (exact) mass is 462 g/mol. The van der Waals surface area contributed by atoms with E-state index in [1.54, 1.807) is 18.2 Å². The fourth-order valence-corrected chi connectivity index (χ4v) is 4.70. The zero-order chi connectivity index (χ0) is 23.7. The summed E-state index contributed by atoms with van der Waals surface area (Å²) in [5, 5.41) is 0. The maximum atomic E-state index is 13.8. The first-order valence-electron chi connectivity index (χ1n) is 12.4. The summed E-state index contributed by atoms with van der Waals surface area (Å²) in [6.45, 7) is 3.56. The molecule has 1 aliphatic heterocycles. The number of halogens is 4. The SMILES string of the molecule is CCCCCCCCCCCC1=[N+](Cc2ccc(C(F)(F)F)cc2)CCc2cc(F)ccc21. The van der Waals surface area contributed by atoms with Crippen LogP contribution >= 0.6 is 0 Å². The van der Waals surface area contributed by atoms with Crippen molar-refractivity contribution in [1.82, 2.24) is 0 Å². The Morgan fingerprint density at radius 2 is 1.45 bits per heavy atom. The van der Waals surface area contributed by atoms with Crippen LogP contribution in [-0.2, 0) is 19.1 Å². The maximum absolute atomic E-state index is 13.8. The van der Waals surface area contributed by atoms with E-state index >= 15 is 0 Å². The lowest BCUT2D eigenvalue weighted by Crippen LogP contribution is -2.30. The van der Waals surface area contributed by atoms with Gasteiger partial charge in [0.25, 0.3) is 0 Å². The molecule has 1 aliphatic rings. The molecule has 0 fully saturated rings. The van der Waals surface area contributed by atoms with E-state index in [1.807, 2.05) is 6.07 Å². The van der Waals surface area contributed by atoms with Gasteiger partial charge in [0.2, 0.25) is 0 Å². The Hall–Kier alpha value is -2.17. The number of hydrogen-bond donors (Lipinski definition) is 0. The average molecular weight is 463 g/mol. The van der Waals surface area contributed by atoms with Gasteiger partial charge in [0.05, 0.1) is 5.56 Å². The van der Waals surface area contributed by atoms with Crippen molar-refractivity contribution in [1.29, 1.82) is 0 Å². The van der Waals surface area contributed by atoms with E-state index in [-0.39, 0.29) is 5.82 Å². The molecule has 1 heterocycles. The van der Waals surface area contributed by atoms with Gasteiger partial charge in [-0.2, -0.15) is 13.2 Å². The van der Waals surface area contributed by atoms with Crippen LogP contribution in [0, 0.1) is 5.82 Å². The minimum absolute atomic E-state index is 0.215. The van der Waals surface area contributed by atoms with Gasteiger partial charge in [0.1, 0.15) is 12.4 Å². The normalized spacial score (nSPS) is 14.0. The molecule has 3 rings (SSSR count). The molecular weight excluding hydrogens is 426 g/mol. The van der Waals surface area contributed by atoms with Gasteiger partial charge >= 0.3 is 6.18 Å². The highest BCUT2D eigenvalue weighted by Crippen LogP contribution is 2.29. The fourth-order valence-electron chi connectivity index (χ4n) is 4.70. The number of nitrogens with zero attached hydrogens (tertiary/aromatic N) is 1. The Morgan fingerprint density at radius 1 is 0.818 bits per heavy atom. The van der Waals surface area contributed by atoms with Crippen molar-refractivity contribution in [3.8, 4) is 0 Å². The van der Waals surface area contributed by atoms with Crippen LogP contribution in [0.25, 0.3) is 0 Å². The number of alkyl halides is 3. The summed E-state index contributed by atoms with van der Waals surface area (Å²) in [7, 11) is 0. The van der Waals surface area contributed by atoms with Gasteiger partial charge in [0.15, 0.2) is 12.3 Å². The second kappa shape index (κ2) is 12.3. The van der Waals surface area contributed by atoms with E-state index in [9.17, 15) is 17.6 Å².